The van der Waals surface area contributed by atoms with E-state index >= 15 is 0 Å². The predicted octanol–water partition coefficient (Wildman–Crippen LogP) is 2.87. The SMILES string of the molecule is C=COC=C.O=C(Cl)Cl. The van der Waals surface area contributed by atoms with E-state index in [-0.39, 0.29) is 0 Å². The number of carbonyl (C=O) groups excluding carboxylic acids is 1. The monoisotopic (exact) mass is 168 g/mol. The summed E-state index contributed by atoms with van der Waals surface area (Å²) in [4.78, 5) is 8.98. The Kier molecular flexibility index (Phi) is 13.2. The van der Waals surface area contributed by atoms with Crippen molar-refractivity contribution < 1.29 is 9.53 Å². The topological polar surface area (TPSA) is 26.3 Å². The number of hydrogen-bond donors (Lipinski definition) is 0. The Morgan fingerprint density at radius 1 is 1.33 bits per heavy atom. The summed E-state index contributed by atoms with van der Waals surface area (Å²) in [6, 6.07) is 0. The van der Waals surface area contributed by atoms with Gasteiger partial charge in [-0.05, 0) is 23.2 Å². The van der Waals surface area contributed by atoms with Crippen molar-refractivity contribution in [3.8, 4) is 0 Å². The Bertz CT molecular complexity index is 91.1. The molecule has 0 saturated carbocycles. The highest BCUT2D eigenvalue weighted by atomic mass is 35.5. The molecule has 0 aliphatic rings. The van der Waals surface area contributed by atoms with Crippen LogP contribution in [-0.4, -0.2) is 4.70 Å². The van der Waals surface area contributed by atoms with Crippen LogP contribution in [-0.2, 0) is 4.74 Å². The van der Waals surface area contributed by atoms with Crippen LogP contribution in [0.1, 0.15) is 0 Å². The van der Waals surface area contributed by atoms with E-state index < -0.39 is 4.70 Å². The van der Waals surface area contributed by atoms with Crippen LogP contribution in [0.5, 0.6) is 0 Å². The molecule has 0 fully saturated rings. The molecule has 0 aliphatic carbocycles. The second-order valence-corrected chi connectivity index (χ2v) is 1.58. The van der Waals surface area contributed by atoms with E-state index in [2.05, 4.69) is 41.1 Å². The summed E-state index contributed by atoms with van der Waals surface area (Å²) in [7, 11) is 0. The smallest absolute Gasteiger partial charge is 0.313 e. The van der Waals surface area contributed by atoms with Crippen LogP contribution in [0.15, 0.2) is 25.7 Å². The van der Waals surface area contributed by atoms with Crippen molar-refractivity contribution in [1.29, 1.82) is 0 Å². The molecule has 0 heterocycles. The normalized spacial score (nSPS) is 6.00. The fraction of sp³-hybridized carbons (Fsp3) is 0. The predicted molar refractivity (Wildman–Crippen MR) is 38.6 cm³/mol. The Labute approximate surface area is 63.7 Å². The summed E-state index contributed by atoms with van der Waals surface area (Å²) in [6.07, 6.45) is 2.62. The van der Waals surface area contributed by atoms with Gasteiger partial charge in [-0.2, -0.15) is 0 Å². The van der Waals surface area contributed by atoms with E-state index in [0.717, 1.165) is 0 Å². The number of carbonyl (C=O) groups is 1. The Balaban J connectivity index is 0. The summed E-state index contributed by atoms with van der Waals surface area (Å²) in [6.45, 7) is 6.51. The molecule has 52 valence electrons. The van der Waals surface area contributed by atoms with Crippen LogP contribution in [0.3, 0.4) is 0 Å². The number of ether oxygens (including phenoxy) is 1. The molecule has 9 heavy (non-hydrogen) atoms. The molecule has 0 aromatic carbocycles. The molecule has 0 unspecified atom stereocenters. The lowest BCUT2D eigenvalue weighted by atomic mass is 11.1. The van der Waals surface area contributed by atoms with E-state index in [4.69, 9.17) is 4.79 Å². The first kappa shape index (κ1) is 11.3. The van der Waals surface area contributed by atoms with E-state index in [1.165, 1.54) is 12.5 Å². The fourth-order valence-corrected chi connectivity index (χ4v) is 0.0680. The largest absolute Gasteiger partial charge is 0.474 e. The first-order chi connectivity index (χ1) is 4.15. The van der Waals surface area contributed by atoms with E-state index in [1.54, 1.807) is 0 Å². The molecule has 0 spiro atoms. The van der Waals surface area contributed by atoms with Crippen LogP contribution in [0.2, 0.25) is 0 Å². The Hall–Kier alpha value is -0.470. The molecule has 0 aromatic rings. The van der Waals surface area contributed by atoms with Crippen LogP contribution < -0.4 is 0 Å². The van der Waals surface area contributed by atoms with Gasteiger partial charge in [0.05, 0.1) is 12.5 Å². The highest BCUT2D eigenvalue weighted by molar-refractivity contribution is 6.93. The molecule has 0 radical (unpaired) electrons. The molecule has 0 aromatic heterocycles. The highest BCUT2D eigenvalue weighted by Gasteiger charge is 1.72. The second kappa shape index (κ2) is 10.5. The summed E-state index contributed by atoms with van der Waals surface area (Å²) in [5.74, 6) is 0. The molecular weight excluding hydrogens is 163 g/mol. The number of rotatable bonds is 2. The molecule has 0 rings (SSSR count). The second-order valence-electron chi connectivity index (χ2n) is 0.695. The van der Waals surface area contributed by atoms with Crippen molar-refractivity contribution in [2.24, 2.45) is 0 Å². The van der Waals surface area contributed by atoms with Gasteiger partial charge in [-0.1, -0.05) is 13.2 Å². The van der Waals surface area contributed by atoms with Gasteiger partial charge in [0.15, 0.2) is 0 Å². The van der Waals surface area contributed by atoms with Crippen LogP contribution in [0.25, 0.3) is 0 Å². The first-order valence-corrected chi connectivity index (χ1v) is 2.63. The van der Waals surface area contributed by atoms with Crippen molar-refractivity contribution in [3.05, 3.63) is 25.7 Å². The van der Waals surface area contributed by atoms with E-state index in [9.17, 15) is 0 Å². The molecule has 0 aliphatic heterocycles. The molecule has 0 amide bonds. The van der Waals surface area contributed by atoms with Gasteiger partial charge in [0.2, 0.25) is 0 Å². The van der Waals surface area contributed by atoms with Gasteiger partial charge in [0.25, 0.3) is 0 Å². The van der Waals surface area contributed by atoms with Crippen molar-refractivity contribution >= 4 is 27.9 Å². The van der Waals surface area contributed by atoms with Crippen LogP contribution >= 0.6 is 23.2 Å². The van der Waals surface area contributed by atoms with Gasteiger partial charge in [-0.15, -0.1) is 0 Å². The number of halogens is 2. The summed E-state index contributed by atoms with van der Waals surface area (Å²) in [5, 5.41) is 0. The lowest BCUT2D eigenvalue weighted by Gasteiger charge is -1.76. The molecule has 0 atom stereocenters. The maximum absolute atomic E-state index is 8.98. The average Bonchev–Trinajstić information content (AvgIpc) is 1.66. The minimum atomic E-state index is -0.889. The van der Waals surface area contributed by atoms with Crippen molar-refractivity contribution in [1.82, 2.24) is 0 Å². The van der Waals surface area contributed by atoms with Gasteiger partial charge >= 0.3 is 4.70 Å². The number of hydrogen-bond acceptors (Lipinski definition) is 2. The Morgan fingerprint density at radius 2 is 1.56 bits per heavy atom. The molecule has 0 N–H and O–H groups in total. The summed E-state index contributed by atoms with van der Waals surface area (Å²) in [5.41, 5.74) is 0. The minimum absolute atomic E-state index is 0.889. The average molecular weight is 169 g/mol. The van der Waals surface area contributed by atoms with Gasteiger partial charge in [-0.3, -0.25) is 4.79 Å². The molecule has 0 bridgehead atoms. The van der Waals surface area contributed by atoms with Gasteiger partial charge in [0.1, 0.15) is 0 Å². The maximum atomic E-state index is 8.98. The molecule has 0 saturated heterocycles. The third-order valence-electron chi connectivity index (χ3n) is 0.192. The zero-order chi connectivity index (χ0) is 7.70. The molecular formula is C5H6Cl2O2. The third kappa shape index (κ3) is 98.4. The molecule has 4 heteroatoms. The maximum Gasteiger partial charge on any atom is 0.313 e. The first-order valence-electron chi connectivity index (χ1n) is 1.87. The van der Waals surface area contributed by atoms with Gasteiger partial charge < -0.3 is 4.74 Å². The highest BCUT2D eigenvalue weighted by Crippen LogP contribution is 1.84. The zero-order valence-electron chi connectivity index (χ0n) is 4.64. The Morgan fingerprint density at radius 3 is 1.56 bits per heavy atom. The van der Waals surface area contributed by atoms with Gasteiger partial charge in [0, 0.05) is 0 Å². The van der Waals surface area contributed by atoms with Crippen molar-refractivity contribution in [3.63, 3.8) is 0 Å². The van der Waals surface area contributed by atoms with Crippen LogP contribution in [0.4, 0.5) is 4.79 Å². The van der Waals surface area contributed by atoms with Crippen LogP contribution in [0, 0.1) is 0 Å². The van der Waals surface area contributed by atoms with Gasteiger partial charge in [-0.25, -0.2) is 0 Å². The minimum Gasteiger partial charge on any atom is -0.474 e. The van der Waals surface area contributed by atoms with Crippen molar-refractivity contribution in [2.75, 3.05) is 0 Å². The zero-order valence-corrected chi connectivity index (χ0v) is 6.15. The summed E-state index contributed by atoms with van der Waals surface area (Å²) >= 11 is 8.80. The molecule has 2 nitrogen and oxygen atoms in total. The fourth-order valence-electron chi connectivity index (χ4n) is 0.0680. The summed E-state index contributed by atoms with van der Waals surface area (Å²) < 4.78 is 3.47. The van der Waals surface area contributed by atoms with Crippen molar-refractivity contribution in [2.45, 2.75) is 0 Å². The quantitative estimate of drug-likeness (QED) is 0.469. The third-order valence-corrected chi connectivity index (χ3v) is 0.192. The van der Waals surface area contributed by atoms with E-state index in [1.807, 2.05) is 0 Å². The lowest BCUT2D eigenvalue weighted by molar-refractivity contribution is 0.275. The lowest BCUT2D eigenvalue weighted by Crippen LogP contribution is -1.52. The standard InChI is InChI=1S/C4H6O.CCl2O/c1-3-5-4-2;2-1(3)4/h3-4H,1-2H2;. The van der Waals surface area contributed by atoms with E-state index in [0.29, 0.717) is 0 Å².